The maximum Gasteiger partial charge on any atom is 0.354 e. The van der Waals surface area contributed by atoms with E-state index in [1.807, 2.05) is 13.8 Å². The zero-order chi connectivity index (χ0) is 16.6. The summed E-state index contributed by atoms with van der Waals surface area (Å²) < 4.78 is 0.658. The zero-order valence-corrected chi connectivity index (χ0v) is 14.5. The van der Waals surface area contributed by atoms with Gasteiger partial charge in [0.05, 0.1) is 16.3 Å². The number of hydrogen-bond acceptors (Lipinski definition) is 6. The highest BCUT2D eigenvalue weighted by Gasteiger charge is 2.57. The molecule has 0 saturated carbocycles. The third-order valence-corrected chi connectivity index (χ3v) is 6.58. The molecule has 2 rings (SSSR count). The van der Waals surface area contributed by atoms with Crippen LogP contribution in [0.4, 0.5) is 0 Å². The molecule has 5 atom stereocenters. The molecule has 0 spiro atoms. The Bertz CT molecular complexity index is 507. The van der Waals surface area contributed by atoms with Gasteiger partial charge in [0.2, 0.25) is 5.91 Å². The number of fused-ring (bicyclic) bond motifs is 1. The number of aliphatic hydroxyl groups excluding tert-OH is 1. The number of carbonyl (C=O) groups is 2. The highest BCUT2D eigenvalue weighted by Crippen LogP contribution is 2.54. The van der Waals surface area contributed by atoms with Crippen LogP contribution in [-0.4, -0.2) is 49.8 Å². The molecular formula is C14H22N2O4S2. The number of carboxylic acid groups (broad SMARTS) is 1. The zero-order valence-electron chi connectivity index (χ0n) is 12.9. The van der Waals surface area contributed by atoms with Gasteiger partial charge in [-0.1, -0.05) is 18.7 Å². The number of amides is 1. The van der Waals surface area contributed by atoms with Crippen molar-refractivity contribution in [3.63, 3.8) is 0 Å². The minimum atomic E-state index is -1.09. The van der Waals surface area contributed by atoms with E-state index in [-0.39, 0.29) is 28.3 Å². The molecule has 0 aliphatic carbocycles. The van der Waals surface area contributed by atoms with Gasteiger partial charge in [-0.25, -0.2) is 4.79 Å². The molecule has 0 aromatic heterocycles. The Hall–Kier alpha value is -0.700. The van der Waals surface area contributed by atoms with E-state index >= 15 is 0 Å². The molecule has 0 radical (unpaired) electrons. The number of aliphatic carboxylic acids is 1. The first-order valence-corrected chi connectivity index (χ1v) is 9.07. The predicted molar refractivity (Wildman–Crippen MR) is 88.0 cm³/mol. The summed E-state index contributed by atoms with van der Waals surface area (Å²) in [5.41, 5.74) is 5.81. The molecule has 4 N–H and O–H groups in total. The first-order valence-electron chi connectivity index (χ1n) is 7.31. The fourth-order valence-electron chi connectivity index (χ4n) is 2.57. The van der Waals surface area contributed by atoms with E-state index in [4.69, 9.17) is 5.73 Å². The van der Waals surface area contributed by atoms with Crippen molar-refractivity contribution in [3.8, 4) is 0 Å². The quantitative estimate of drug-likeness (QED) is 0.599. The van der Waals surface area contributed by atoms with Crippen LogP contribution in [0.1, 0.15) is 33.6 Å². The summed E-state index contributed by atoms with van der Waals surface area (Å²) >= 11 is 2.85. The molecular weight excluding hydrogens is 324 g/mol. The van der Waals surface area contributed by atoms with Crippen molar-refractivity contribution in [2.75, 3.05) is 0 Å². The summed E-state index contributed by atoms with van der Waals surface area (Å²) in [7, 11) is 0. The number of carboxylic acids is 1. The van der Waals surface area contributed by atoms with E-state index in [2.05, 4.69) is 0 Å². The molecule has 6 nitrogen and oxygen atoms in total. The summed E-state index contributed by atoms with van der Waals surface area (Å²) in [5, 5.41) is 19.0. The van der Waals surface area contributed by atoms with Crippen molar-refractivity contribution in [1.29, 1.82) is 0 Å². The molecule has 1 fully saturated rings. The standard InChI is InChI=1S/C14H22N2O4S2/c1-6(15)4-5-7(2)21-14-10(13(19)20)16-11(18)9(8(3)17)12(16)22-14/h6-9,12,17H,4-5,15H2,1-3H3,(H,19,20)/t6?,7?,8?,9?,12-/m1/s1. The largest absolute Gasteiger partial charge is 0.477 e. The van der Waals surface area contributed by atoms with Crippen LogP contribution in [0, 0.1) is 5.92 Å². The molecule has 2 aliphatic heterocycles. The van der Waals surface area contributed by atoms with Crippen LogP contribution in [0.2, 0.25) is 0 Å². The Kier molecular flexibility index (Phi) is 5.47. The van der Waals surface area contributed by atoms with Crippen LogP contribution >= 0.6 is 23.5 Å². The normalized spacial score (nSPS) is 28.2. The van der Waals surface area contributed by atoms with Gasteiger partial charge in [-0.15, -0.1) is 11.8 Å². The molecule has 22 heavy (non-hydrogen) atoms. The molecule has 124 valence electrons. The number of thioether (sulfide) groups is 2. The number of hydrogen-bond donors (Lipinski definition) is 3. The van der Waals surface area contributed by atoms with E-state index in [1.54, 1.807) is 6.92 Å². The second-order valence-electron chi connectivity index (χ2n) is 5.91. The van der Waals surface area contributed by atoms with Gasteiger partial charge in [0.25, 0.3) is 0 Å². The third-order valence-electron chi connectivity index (χ3n) is 3.81. The van der Waals surface area contributed by atoms with Gasteiger partial charge < -0.3 is 15.9 Å². The molecule has 8 heteroatoms. The number of aliphatic hydroxyl groups is 1. The van der Waals surface area contributed by atoms with Crippen molar-refractivity contribution < 1.29 is 19.8 Å². The number of nitrogens with zero attached hydrogens (tertiary/aromatic N) is 1. The van der Waals surface area contributed by atoms with Crippen LogP contribution in [0.5, 0.6) is 0 Å². The van der Waals surface area contributed by atoms with Gasteiger partial charge in [0.1, 0.15) is 5.37 Å². The Morgan fingerprint density at radius 3 is 2.55 bits per heavy atom. The highest BCUT2D eigenvalue weighted by atomic mass is 32.2. The average molecular weight is 346 g/mol. The fourth-order valence-corrected chi connectivity index (χ4v) is 5.82. The van der Waals surface area contributed by atoms with Crippen LogP contribution in [-0.2, 0) is 9.59 Å². The minimum absolute atomic E-state index is 0.0644. The van der Waals surface area contributed by atoms with E-state index < -0.39 is 18.0 Å². The van der Waals surface area contributed by atoms with Gasteiger partial charge in [-0.2, -0.15) is 0 Å². The molecule has 0 bridgehead atoms. The number of nitrogens with two attached hydrogens (primary N) is 1. The Balaban J connectivity index is 2.10. The highest BCUT2D eigenvalue weighted by molar-refractivity contribution is 8.23. The summed E-state index contributed by atoms with van der Waals surface area (Å²) in [6.45, 7) is 5.54. The summed E-state index contributed by atoms with van der Waals surface area (Å²) in [6.07, 6.45) is 0.991. The summed E-state index contributed by atoms with van der Waals surface area (Å²) in [5.74, 6) is -1.91. The molecule has 1 amide bonds. The lowest BCUT2D eigenvalue weighted by Gasteiger charge is -2.43. The van der Waals surface area contributed by atoms with Gasteiger partial charge >= 0.3 is 5.97 Å². The lowest BCUT2D eigenvalue weighted by atomic mass is 9.92. The second kappa shape index (κ2) is 6.82. The molecule has 0 aromatic carbocycles. The van der Waals surface area contributed by atoms with Crippen LogP contribution in [0.3, 0.4) is 0 Å². The third kappa shape index (κ3) is 3.29. The van der Waals surface area contributed by atoms with Crippen molar-refractivity contribution in [1.82, 2.24) is 4.90 Å². The smallest absolute Gasteiger partial charge is 0.354 e. The van der Waals surface area contributed by atoms with E-state index in [0.717, 1.165) is 12.8 Å². The Morgan fingerprint density at radius 2 is 2.05 bits per heavy atom. The SMILES string of the molecule is CC(N)CCC(C)SC1=C(C(=O)O)N2C(=O)C(C(C)O)[C@H]2S1. The van der Waals surface area contributed by atoms with Crippen LogP contribution in [0.25, 0.3) is 0 Å². The van der Waals surface area contributed by atoms with E-state index in [1.165, 1.54) is 28.4 Å². The van der Waals surface area contributed by atoms with Crippen molar-refractivity contribution in [2.45, 2.75) is 56.4 Å². The average Bonchev–Trinajstić information content (AvgIpc) is 2.70. The lowest BCUT2D eigenvalue weighted by Crippen LogP contribution is -2.60. The predicted octanol–water partition coefficient (Wildman–Crippen LogP) is 1.40. The minimum Gasteiger partial charge on any atom is -0.477 e. The summed E-state index contributed by atoms with van der Waals surface area (Å²) in [4.78, 5) is 24.9. The fraction of sp³-hybridized carbons (Fsp3) is 0.714. The summed E-state index contributed by atoms with van der Waals surface area (Å²) in [6, 6.07) is 0.119. The second-order valence-corrected chi connectivity index (χ2v) is 8.74. The molecule has 2 heterocycles. The maximum absolute atomic E-state index is 12.1. The Labute approximate surface area is 138 Å². The number of carbonyl (C=O) groups excluding carboxylic acids is 1. The van der Waals surface area contributed by atoms with Gasteiger partial charge in [-0.05, 0) is 26.7 Å². The van der Waals surface area contributed by atoms with Crippen molar-refractivity contribution in [2.24, 2.45) is 11.7 Å². The first-order chi connectivity index (χ1) is 10.2. The maximum atomic E-state index is 12.1. The van der Waals surface area contributed by atoms with Crippen molar-refractivity contribution in [3.05, 3.63) is 9.93 Å². The number of rotatable bonds is 7. The number of β-lactam (4-membered cyclic amide) rings is 1. The van der Waals surface area contributed by atoms with Crippen LogP contribution in [0.15, 0.2) is 9.93 Å². The first kappa shape index (κ1) is 17.7. The topological polar surface area (TPSA) is 104 Å². The Morgan fingerprint density at radius 1 is 1.41 bits per heavy atom. The lowest BCUT2D eigenvalue weighted by molar-refractivity contribution is -0.156. The molecule has 1 saturated heterocycles. The van der Waals surface area contributed by atoms with E-state index in [9.17, 15) is 19.8 Å². The van der Waals surface area contributed by atoms with Gasteiger partial charge in [0.15, 0.2) is 5.70 Å². The van der Waals surface area contributed by atoms with E-state index in [0.29, 0.717) is 4.24 Å². The van der Waals surface area contributed by atoms with Gasteiger partial charge in [0, 0.05) is 11.3 Å². The van der Waals surface area contributed by atoms with Gasteiger partial charge in [-0.3, -0.25) is 9.69 Å². The van der Waals surface area contributed by atoms with Crippen LogP contribution < -0.4 is 5.73 Å². The molecule has 2 aliphatic rings. The molecule has 4 unspecified atom stereocenters. The monoisotopic (exact) mass is 346 g/mol. The van der Waals surface area contributed by atoms with Crippen molar-refractivity contribution >= 4 is 35.4 Å². The molecule has 0 aromatic rings.